The lowest BCUT2D eigenvalue weighted by atomic mass is 9.61. The Kier molecular flexibility index (Phi) is 5.36. The van der Waals surface area contributed by atoms with Gasteiger partial charge in [-0.2, -0.15) is 0 Å². The number of halogens is 2. The van der Waals surface area contributed by atoms with E-state index in [4.69, 9.17) is 23.2 Å². The van der Waals surface area contributed by atoms with E-state index in [0.29, 0.717) is 16.6 Å². The minimum Gasteiger partial charge on any atom is -0.391 e. The molecule has 1 N–H and O–H groups in total. The first kappa shape index (κ1) is 16.1. The van der Waals surface area contributed by atoms with Crippen LogP contribution in [-0.4, -0.2) is 35.7 Å². The molecule has 1 unspecified atom stereocenters. The molecule has 112 valence electrons. The summed E-state index contributed by atoms with van der Waals surface area (Å²) >= 11 is 12.1. The summed E-state index contributed by atoms with van der Waals surface area (Å²) < 4.78 is 0. The van der Waals surface area contributed by atoms with E-state index in [1.54, 1.807) is 0 Å². The number of aliphatic hydroxyl groups is 1. The van der Waals surface area contributed by atoms with Gasteiger partial charge in [0.05, 0.1) is 16.1 Å². The van der Waals surface area contributed by atoms with Crippen molar-refractivity contribution in [2.45, 2.75) is 44.6 Å². The fourth-order valence-electron chi connectivity index (χ4n) is 3.08. The van der Waals surface area contributed by atoms with Crippen LogP contribution >= 0.6 is 23.2 Å². The zero-order valence-corrected chi connectivity index (χ0v) is 13.7. The standard InChI is InChI=1S/C16H23Cl2NO/c1-3-19(4-2)11-15(20)16(8-5-9-16)12-6-7-13(17)14(18)10-12/h6-7,10,15,20H,3-5,8-9,11H2,1-2H3. The second-order valence-corrected chi connectivity index (χ2v) is 6.45. The number of likely N-dealkylation sites (N-methyl/N-ethyl adjacent to an activating group) is 1. The fraction of sp³-hybridized carbons (Fsp3) is 0.625. The van der Waals surface area contributed by atoms with Crippen molar-refractivity contribution in [2.75, 3.05) is 19.6 Å². The quantitative estimate of drug-likeness (QED) is 0.853. The Morgan fingerprint density at radius 3 is 2.30 bits per heavy atom. The zero-order valence-electron chi connectivity index (χ0n) is 12.2. The van der Waals surface area contributed by atoms with Crippen molar-refractivity contribution < 1.29 is 5.11 Å². The van der Waals surface area contributed by atoms with Gasteiger partial charge in [-0.05, 0) is 43.6 Å². The molecule has 0 aromatic heterocycles. The number of benzene rings is 1. The summed E-state index contributed by atoms with van der Waals surface area (Å²) in [6, 6.07) is 5.77. The molecule has 0 radical (unpaired) electrons. The third kappa shape index (κ3) is 2.99. The average molecular weight is 316 g/mol. The van der Waals surface area contributed by atoms with Gasteiger partial charge in [0.25, 0.3) is 0 Å². The van der Waals surface area contributed by atoms with Crippen LogP contribution in [-0.2, 0) is 5.41 Å². The molecule has 1 aromatic carbocycles. The molecule has 1 fully saturated rings. The lowest BCUT2D eigenvalue weighted by molar-refractivity contribution is 0.00417. The molecule has 1 aliphatic rings. The van der Waals surface area contributed by atoms with E-state index < -0.39 is 0 Å². The van der Waals surface area contributed by atoms with Crippen molar-refractivity contribution in [1.29, 1.82) is 0 Å². The van der Waals surface area contributed by atoms with E-state index in [1.165, 1.54) is 0 Å². The Hall–Kier alpha value is -0.280. The van der Waals surface area contributed by atoms with Gasteiger partial charge in [0, 0.05) is 12.0 Å². The van der Waals surface area contributed by atoms with Gasteiger partial charge >= 0.3 is 0 Å². The SMILES string of the molecule is CCN(CC)CC(O)C1(c2ccc(Cl)c(Cl)c2)CCC1. The van der Waals surface area contributed by atoms with Crippen LogP contribution in [0.15, 0.2) is 18.2 Å². The van der Waals surface area contributed by atoms with Crippen LogP contribution in [0.2, 0.25) is 10.0 Å². The van der Waals surface area contributed by atoms with E-state index in [9.17, 15) is 5.11 Å². The molecular weight excluding hydrogens is 293 g/mol. The first-order chi connectivity index (χ1) is 9.53. The minimum atomic E-state index is -0.353. The molecule has 1 saturated carbocycles. The normalized spacial score (nSPS) is 18.9. The summed E-state index contributed by atoms with van der Waals surface area (Å²) in [6.07, 6.45) is 2.85. The zero-order chi connectivity index (χ0) is 14.8. The molecular formula is C16H23Cl2NO. The van der Waals surface area contributed by atoms with Gasteiger partial charge in [-0.25, -0.2) is 0 Å². The van der Waals surface area contributed by atoms with Gasteiger partial charge in [-0.1, -0.05) is 49.5 Å². The Morgan fingerprint density at radius 1 is 1.20 bits per heavy atom. The maximum absolute atomic E-state index is 10.7. The topological polar surface area (TPSA) is 23.5 Å². The summed E-state index contributed by atoms with van der Waals surface area (Å²) in [4.78, 5) is 2.27. The third-order valence-corrected chi connectivity index (χ3v) is 5.44. The number of nitrogens with zero attached hydrogens (tertiary/aromatic N) is 1. The second kappa shape index (κ2) is 6.65. The molecule has 0 heterocycles. The highest BCUT2D eigenvalue weighted by Crippen LogP contribution is 2.47. The first-order valence-electron chi connectivity index (χ1n) is 7.39. The van der Waals surface area contributed by atoms with Gasteiger partial charge < -0.3 is 10.0 Å². The highest BCUT2D eigenvalue weighted by molar-refractivity contribution is 6.42. The monoisotopic (exact) mass is 315 g/mol. The Morgan fingerprint density at radius 2 is 1.85 bits per heavy atom. The van der Waals surface area contributed by atoms with Crippen LogP contribution in [0.4, 0.5) is 0 Å². The van der Waals surface area contributed by atoms with Crippen molar-refractivity contribution in [3.05, 3.63) is 33.8 Å². The van der Waals surface area contributed by atoms with E-state index in [1.807, 2.05) is 18.2 Å². The maximum atomic E-state index is 10.7. The third-order valence-electron chi connectivity index (χ3n) is 4.70. The molecule has 0 spiro atoms. The van der Waals surface area contributed by atoms with E-state index in [-0.39, 0.29) is 11.5 Å². The minimum absolute atomic E-state index is 0.142. The first-order valence-corrected chi connectivity index (χ1v) is 8.15. The van der Waals surface area contributed by atoms with Crippen molar-refractivity contribution in [1.82, 2.24) is 4.90 Å². The van der Waals surface area contributed by atoms with Crippen molar-refractivity contribution in [3.63, 3.8) is 0 Å². The smallest absolute Gasteiger partial charge is 0.0763 e. The highest BCUT2D eigenvalue weighted by Gasteiger charge is 2.45. The molecule has 2 nitrogen and oxygen atoms in total. The Labute approximate surface area is 131 Å². The Bertz CT molecular complexity index is 456. The number of hydrogen-bond donors (Lipinski definition) is 1. The summed E-state index contributed by atoms with van der Waals surface area (Å²) in [5.74, 6) is 0. The van der Waals surface area contributed by atoms with Gasteiger partial charge in [-0.3, -0.25) is 0 Å². The van der Waals surface area contributed by atoms with Gasteiger partial charge in [0.2, 0.25) is 0 Å². The van der Waals surface area contributed by atoms with Crippen LogP contribution < -0.4 is 0 Å². The lowest BCUT2D eigenvalue weighted by Gasteiger charge is -2.47. The van der Waals surface area contributed by atoms with Crippen LogP contribution in [0.3, 0.4) is 0 Å². The maximum Gasteiger partial charge on any atom is 0.0763 e. The summed E-state index contributed by atoms with van der Waals surface area (Å²) in [5.41, 5.74) is 0.981. The van der Waals surface area contributed by atoms with Crippen LogP contribution in [0.1, 0.15) is 38.7 Å². The number of hydrogen-bond acceptors (Lipinski definition) is 2. The molecule has 0 bridgehead atoms. The van der Waals surface area contributed by atoms with E-state index >= 15 is 0 Å². The van der Waals surface area contributed by atoms with Crippen LogP contribution in [0, 0.1) is 0 Å². The highest BCUT2D eigenvalue weighted by atomic mass is 35.5. The summed E-state index contributed by atoms with van der Waals surface area (Å²) in [6.45, 7) is 6.90. The van der Waals surface area contributed by atoms with Crippen molar-refractivity contribution in [2.24, 2.45) is 0 Å². The molecule has 4 heteroatoms. The lowest BCUT2D eigenvalue weighted by Crippen LogP contribution is -2.50. The largest absolute Gasteiger partial charge is 0.391 e. The molecule has 1 aliphatic carbocycles. The average Bonchev–Trinajstić information content (AvgIpc) is 2.38. The van der Waals surface area contributed by atoms with Crippen molar-refractivity contribution >= 4 is 23.2 Å². The fourth-order valence-corrected chi connectivity index (χ4v) is 3.38. The van der Waals surface area contributed by atoms with Gasteiger partial charge in [0.1, 0.15) is 0 Å². The predicted octanol–water partition coefficient (Wildman–Crippen LogP) is 4.12. The number of aliphatic hydroxyl groups excluding tert-OH is 1. The Balaban J connectivity index is 2.22. The van der Waals surface area contributed by atoms with Gasteiger partial charge in [0.15, 0.2) is 0 Å². The van der Waals surface area contributed by atoms with E-state index in [0.717, 1.165) is 37.9 Å². The number of rotatable bonds is 6. The van der Waals surface area contributed by atoms with Gasteiger partial charge in [-0.15, -0.1) is 0 Å². The molecule has 0 saturated heterocycles. The predicted molar refractivity (Wildman–Crippen MR) is 85.8 cm³/mol. The van der Waals surface area contributed by atoms with Crippen molar-refractivity contribution in [3.8, 4) is 0 Å². The van der Waals surface area contributed by atoms with Crippen LogP contribution in [0.5, 0.6) is 0 Å². The molecule has 0 amide bonds. The molecule has 20 heavy (non-hydrogen) atoms. The molecule has 0 aliphatic heterocycles. The molecule has 2 rings (SSSR count). The summed E-state index contributed by atoms with van der Waals surface area (Å²) in [5, 5.41) is 11.9. The van der Waals surface area contributed by atoms with Crippen LogP contribution in [0.25, 0.3) is 0 Å². The molecule has 1 aromatic rings. The summed E-state index contributed by atoms with van der Waals surface area (Å²) in [7, 11) is 0. The van der Waals surface area contributed by atoms with E-state index in [2.05, 4.69) is 18.7 Å². The molecule has 1 atom stereocenters. The second-order valence-electron chi connectivity index (χ2n) is 5.64.